The number of hydrogen-bond acceptors (Lipinski definition) is 2. The first-order chi connectivity index (χ1) is 9.48. The maximum Gasteiger partial charge on any atom is 0.380 e. The molecular weight excluding hydrogens is 269 g/mol. The van der Waals surface area contributed by atoms with Crippen molar-refractivity contribution in [3.63, 3.8) is 0 Å². The van der Waals surface area contributed by atoms with Gasteiger partial charge in [0.25, 0.3) is 0 Å². The van der Waals surface area contributed by atoms with E-state index in [4.69, 9.17) is 0 Å². The van der Waals surface area contributed by atoms with Crippen molar-refractivity contribution in [1.82, 2.24) is 0 Å². The molecule has 0 saturated carbocycles. The molecule has 1 atom stereocenters. The smallest absolute Gasteiger partial charge is 0.380 e. The molecule has 0 amide bonds. The van der Waals surface area contributed by atoms with Gasteiger partial charge < -0.3 is 4.74 Å². The molecule has 0 aliphatic rings. The normalized spacial score (nSPS) is 13.2. The van der Waals surface area contributed by atoms with Gasteiger partial charge in [-0.2, -0.15) is 8.78 Å². The molecule has 2 aromatic carbocycles. The molecule has 0 fully saturated rings. The van der Waals surface area contributed by atoms with Gasteiger partial charge >= 0.3 is 11.9 Å². The molecule has 0 saturated heterocycles. The maximum atomic E-state index is 14.2. The number of fused-ring (bicyclic) bond motifs is 1. The lowest BCUT2D eigenvalue weighted by atomic mass is 9.98. The van der Waals surface area contributed by atoms with Crippen molar-refractivity contribution < 1.29 is 22.7 Å². The van der Waals surface area contributed by atoms with Crippen molar-refractivity contribution in [2.45, 2.75) is 19.0 Å². The maximum absolute atomic E-state index is 14.2. The second-order valence-corrected chi connectivity index (χ2v) is 4.27. The highest BCUT2D eigenvalue weighted by atomic mass is 19.3. The topological polar surface area (TPSA) is 26.3 Å². The van der Waals surface area contributed by atoms with Crippen molar-refractivity contribution in [1.29, 1.82) is 0 Å². The molecule has 0 N–H and O–H groups in total. The van der Waals surface area contributed by atoms with E-state index < -0.39 is 18.1 Å². The van der Waals surface area contributed by atoms with Gasteiger partial charge in [0.15, 0.2) is 0 Å². The molecule has 0 radical (unpaired) electrons. The lowest BCUT2D eigenvalue weighted by Crippen LogP contribution is -2.35. The number of benzene rings is 2. The summed E-state index contributed by atoms with van der Waals surface area (Å²) >= 11 is 0. The van der Waals surface area contributed by atoms with Crippen LogP contribution in [-0.2, 0) is 9.53 Å². The molecule has 0 aliphatic heterocycles. The summed E-state index contributed by atoms with van der Waals surface area (Å²) in [5.41, 5.74) is -0.221. The van der Waals surface area contributed by atoms with E-state index in [0.29, 0.717) is 10.8 Å². The lowest BCUT2D eigenvalue weighted by molar-refractivity contribution is -0.181. The number of alkyl halides is 3. The quantitative estimate of drug-likeness (QED) is 0.791. The molecule has 0 heterocycles. The molecule has 0 bridgehead atoms. The highest BCUT2D eigenvalue weighted by Crippen LogP contribution is 2.38. The zero-order chi connectivity index (χ0) is 14.8. The van der Waals surface area contributed by atoms with Crippen LogP contribution in [0.3, 0.4) is 0 Å². The Balaban J connectivity index is 2.45. The minimum absolute atomic E-state index is 0.221. The lowest BCUT2D eigenvalue weighted by Gasteiger charge is -2.20. The van der Waals surface area contributed by atoms with Gasteiger partial charge in [-0.25, -0.2) is 9.18 Å². The summed E-state index contributed by atoms with van der Waals surface area (Å²) in [7, 11) is 0. The van der Waals surface area contributed by atoms with Crippen LogP contribution in [0.4, 0.5) is 13.2 Å². The van der Waals surface area contributed by atoms with Crippen LogP contribution < -0.4 is 0 Å². The standard InChI is InChI=1S/C15H13F3O2/c1-2-20-14(19)15(17,18)13(16)12-9-5-7-10-6-3-4-8-11(10)12/h3-9,13H,2H2,1H3. The monoisotopic (exact) mass is 282 g/mol. The largest absolute Gasteiger partial charge is 0.461 e. The molecular formula is C15H13F3O2. The fourth-order valence-electron chi connectivity index (χ4n) is 2.00. The summed E-state index contributed by atoms with van der Waals surface area (Å²) in [6.45, 7) is 1.16. The number of carbonyl (C=O) groups is 1. The molecule has 0 spiro atoms. The van der Waals surface area contributed by atoms with E-state index in [2.05, 4.69) is 4.74 Å². The third-order valence-electron chi connectivity index (χ3n) is 2.96. The summed E-state index contributed by atoms with van der Waals surface area (Å²) in [4.78, 5) is 11.2. The Hall–Kier alpha value is -2.04. The Morgan fingerprint density at radius 2 is 1.85 bits per heavy atom. The predicted molar refractivity (Wildman–Crippen MR) is 69.4 cm³/mol. The van der Waals surface area contributed by atoms with Crippen LogP contribution in [0.25, 0.3) is 10.8 Å². The van der Waals surface area contributed by atoms with Crippen molar-refractivity contribution in [2.75, 3.05) is 6.61 Å². The van der Waals surface area contributed by atoms with E-state index in [-0.39, 0.29) is 12.2 Å². The Morgan fingerprint density at radius 3 is 2.55 bits per heavy atom. The van der Waals surface area contributed by atoms with Crippen LogP contribution in [0.5, 0.6) is 0 Å². The first-order valence-electron chi connectivity index (χ1n) is 6.15. The fourth-order valence-corrected chi connectivity index (χ4v) is 2.00. The van der Waals surface area contributed by atoms with Crippen LogP contribution in [0.15, 0.2) is 42.5 Å². The average Bonchev–Trinajstić information content (AvgIpc) is 2.46. The van der Waals surface area contributed by atoms with Crippen LogP contribution >= 0.6 is 0 Å². The molecule has 20 heavy (non-hydrogen) atoms. The van der Waals surface area contributed by atoms with Gasteiger partial charge in [-0.05, 0) is 17.7 Å². The SMILES string of the molecule is CCOC(=O)C(F)(F)C(F)c1cccc2ccccc12. The van der Waals surface area contributed by atoms with Crippen LogP contribution in [0, 0.1) is 0 Å². The first kappa shape index (κ1) is 14.4. The van der Waals surface area contributed by atoms with Gasteiger partial charge in [-0.1, -0.05) is 42.5 Å². The van der Waals surface area contributed by atoms with E-state index in [9.17, 15) is 18.0 Å². The van der Waals surface area contributed by atoms with Crippen molar-refractivity contribution >= 4 is 16.7 Å². The first-order valence-corrected chi connectivity index (χ1v) is 6.15. The van der Waals surface area contributed by atoms with Crippen molar-refractivity contribution in [3.05, 3.63) is 48.0 Å². The summed E-state index contributed by atoms with van der Waals surface area (Å²) in [5.74, 6) is -6.06. The second-order valence-electron chi connectivity index (χ2n) is 4.27. The van der Waals surface area contributed by atoms with E-state index in [1.54, 1.807) is 30.3 Å². The van der Waals surface area contributed by atoms with E-state index in [1.807, 2.05) is 0 Å². The summed E-state index contributed by atoms with van der Waals surface area (Å²) in [6, 6.07) is 11.0. The molecule has 106 valence electrons. The second kappa shape index (κ2) is 5.53. The number of halogens is 3. The zero-order valence-corrected chi connectivity index (χ0v) is 10.8. The molecule has 2 rings (SSSR count). The van der Waals surface area contributed by atoms with E-state index in [0.717, 1.165) is 0 Å². The minimum atomic E-state index is -4.21. The van der Waals surface area contributed by atoms with Gasteiger partial charge in [0.2, 0.25) is 6.17 Å². The highest BCUT2D eigenvalue weighted by Gasteiger charge is 2.50. The van der Waals surface area contributed by atoms with Crippen molar-refractivity contribution in [2.24, 2.45) is 0 Å². The van der Waals surface area contributed by atoms with E-state index in [1.165, 1.54) is 19.1 Å². The summed E-state index contributed by atoms with van der Waals surface area (Å²) in [5, 5.41) is 0.985. The van der Waals surface area contributed by atoms with Crippen LogP contribution in [0.1, 0.15) is 18.7 Å². The minimum Gasteiger partial charge on any atom is -0.461 e. The van der Waals surface area contributed by atoms with Gasteiger partial charge in [0, 0.05) is 5.56 Å². The third kappa shape index (κ3) is 2.48. The Bertz CT molecular complexity index is 620. The zero-order valence-electron chi connectivity index (χ0n) is 10.8. The van der Waals surface area contributed by atoms with Gasteiger partial charge in [-0.3, -0.25) is 0 Å². The molecule has 2 aromatic rings. The number of carbonyl (C=O) groups excluding carboxylic acids is 1. The molecule has 0 aromatic heterocycles. The average molecular weight is 282 g/mol. The number of ether oxygens (including phenoxy) is 1. The molecule has 5 heteroatoms. The summed E-state index contributed by atoms with van der Waals surface area (Å²) in [6.07, 6.45) is -2.74. The Kier molecular flexibility index (Phi) is 3.97. The van der Waals surface area contributed by atoms with E-state index >= 15 is 0 Å². The Labute approximate surface area is 114 Å². The van der Waals surface area contributed by atoms with Gasteiger partial charge in [-0.15, -0.1) is 0 Å². The van der Waals surface area contributed by atoms with Crippen LogP contribution in [0.2, 0.25) is 0 Å². The number of rotatable bonds is 4. The van der Waals surface area contributed by atoms with Gasteiger partial charge in [0.05, 0.1) is 6.61 Å². The number of hydrogen-bond donors (Lipinski definition) is 0. The number of esters is 1. The third-order valence-corrected chi connectivity index (χ3v) is 2.96. The Morgan fingerprint density at radius 1 is 1.20 bits per heavy atom. The molecule has 1 unspecified atom stereocenters. The van der Waals surface area contributed by atoms with Gasteiger partial charge in [0.1, 0.15) is 0 Å². The molecule has 2 nitrogen and oxygen atoms in total. The predicted octanol–water partition coefficient (Wildman–Crippen LogP) is 4.05. The molecule has 0 aliphatic carbocycles. The van der Waals surface area contributed by atoms with Crippen molar-refractivity contribution in [3.8, 4) is 0 Å². The van der Waals surface area contributed by atoms with Crippen LogP contribution in [-0.4, -0.2) is 18.5 Å². The highest BCUT2D eigenvalue weighted by molar-refractivity contribution is 5.87. The fraction of sp³-hybridized carbons (Fsp3) is 0.267. The summed E-state index contributed by atoms with van der Waals surface area (Å²) < 4.78 is 45.9.